The van der Waals surface area contributed by atoms with Crippen molar-refractivity contribution in [2.75, 3.05) is 26.0 Å². The van der Waals surface area contributed by atoms with E-state index < -0.39 is 0 Å². The molecule has 1 aromatic carbocycles. The molecule has 0 aliphatic rings. The summed E-state index contributed by atoms with van der Waals surface area (Å²) in [6.45, 7) is 7.60. The monoisotopic (exact) mass is 295 g/mol. The molecule has 0 aromatic heterocycles. The molecule has 0 spiro atoms. The van der Waals surface area contributed by atoms with E-state index in [1.54, 1.807) is 11.8 Å². The molecule has 0 saturated carbocycles. The van der Waals surface area contributed by atoms with E-state index in [1.165, 1.54) is 24.2 Å². The van der Waals surface area contributed by atoms with Crippen molar-refractivity contribution in [3.05, 3.63) is 24.3 Å². The number of ether oxygens (including phenoxy) is 1. The number of unbranched alkanes of at least 4 members (excludes halogenated alkanes) is 3. The minimum Gasteiger partial charge on any atom is -0.492 e. The average Bonchev–Trinajstić information content (AvgIpc) is 2.45. The van der Waals surface area contributed by atoms with Crippen molar-refractivity contribution in [1.29, 1.82) is 0 Å². The Morgan fingerprint density at radius 2 is 1.85 bits per heavy atom. The smallest absolute Gasteiger partial charge is 0.132 e. The summed E-state index contributed by atoms with van der Waals surface area (Å²) in [6.07, 6.45) is 7.05. The predicted octanol–water partition coefficient (Wildman–Crippen LogP) is 4.59. The largest absolute Gasteiger partial charge is 0.492 e. The fourth-order valence-electron chi connectivity index (χ4n) is 2.02. The van der Waals surface area contributed by atoms with Crippen LogP contribution in [-0.4, -0.2) is 26.0 Å². The van der Waals surface area contributed by atoms with Crippen molar-refractivity contribution in [3.63, 3.8) is 0 Å². The lowest BCUT2D eigenvalue weighted by Gasteiger charge is -2.10. The molecule has 0 saturated heterocycles. The van der Waals surface area contributed by atoms with Gasteiger partial charge in [0.2, 0.25) is 0 Å². The molecule has 1 N–H and O–H groups in total. The number of benzene rings is 1. The van der Waals surface area contributed by atoms with Gasteiger partial charge in [0.25, 0.3) is 0 Å². The number of rotatable bonds is 11. The minimum absolute atomic E-state index is 0.750. The molecule has 0 atom stereocenters. The van der Waals surface area contributed by atoms with Crippen LogP contribution in [0.4, 0.5) is 0 Å². The lowest BCUT2D eigenvalue weighted by Crippen LogP contribution is -2.20. The molecule has 20 heavy (non-hydrogen) atoms. The first kappa shape index (κ1) is 17.4. The molecule has 1 aromatic rings. The fourth-order valence-corrected chi connectivity index (χ4v) is 2.56. The van der Waals surface area contributed by atoms with E-state index in [0.29, 0.717) is 0 Å². The number of nitrogens with one attached hydrogen (secondary N) is 1. The van der Waals surface area contributed by atoms with Crippen molar-refractivity contribution < 1.29 is 4.74 Å². The van der Waals surface area contributed by atoms with Crippen LogP contribution in [0.15, 0.2) is 29.2 Å². The van der Waals surface area contributed by atoms with Gasteiger partial charge < -0.3 is 10.1 Å². The van der Waals surface area contributed by atoms with E-state index in [4.69, 9.17) is 4.74 Å². The first-order chi connectivity index (χ1) is 9.74. The second kappa shape index (κ2) is 11.0. The van der Waals surface area contributed by atoms with Crippen LogP contribution in [0, 0.1) is 5.92 Å². The van der Waals surface area contributed by atoms with Gasteiger partial charge in [0.05, 0.1) is 6.61 Å². The lowest BCUT2D eigenvalue weighted by atomic mass is 10.2. The van der Waals surface area contributed by atoms with E-state index in [2.05, 4.69) is 43.6 Å². The molecule has 0 heterocycles. The first-order valence-electron chi connectivity index (χ1n) is 7.70. The zero-order valence-corrected chi connectivity index (χ0v) is 14.0. The van der Waals surface area contributed by atoms with Gasteiger partial charge in [-0.2, -0.15) is 0 Å². The summed E-state index contributed by atoms with van der Waals surface area (Å²) >= 11 is 1.74. The third-order valence-corrected chi connectivity index (χ3v) is 3.90. The molecule has 0 aliphatic carbocycles. The van der Waals surface area contributed by atoms with Crippen molar-refractivity contribution >= 4 is 11.8 Å². The Hall–Kier alpha value is -0.670. The molecule has 0 aliphatic heterocycles. The molecule has 0 unspecified atom stereocenters. The Labute approximate surface area is 128 Å². The highest BCUT2D eigenvalue weighted by molar-refractivity contribution is 7.98. The number of para-hydroxylation sites is 1. The maximum atomic E-state index is 5.85. The van der Waals surface area contributed by atoms with Crippen molar-refractivity contribution in [2.45, 2.75) is 44.4 Å². The summed E-state index contributed by atoms with van der Waals surface area (Å²) in [5, 5.41) is 3.48. The Morgan fingerprint density at radius 1 is 1.10 bits per heavy atom. The quantitative estimate of drug-likeness (QED) is 0.476. The number of hydrogen-bond donors (Lipinski definition) is 1. The molecule has 0 fully saturated rings. The van der Waals surface area contributed by atoms with Crippen molar-refractivity contribution in [3.8, 4) is 5.75 Å². The van der Waals surface area contributed by atoms with Gasteiger partial charge in [-0.1, -0.05) is 38.8 Å². The molecule has 3 heteroatoms. The van der Waals surface area contributed by atoms with Crippen LogP contribution in [0.5, 0.6) is 5.75 Å². The Bertz CT molecular complexity index is 355. The van der Waals surface area contributed by atoms with Crippen molar-refractivity contribution in [2.24, 2.45) is 5.92 Å². The van der Waals surface area contributed by atoms with E-state index in [0.717, 1.165) is 37.8 Å². The minimum atomic E-state index is 0.750. The van der Waals surface area contributed by atoms with Gasteiger partial charge in [-0.3, -0.25) is 0 Å². The Balaban J connectivity index is 1.99. The zero-order valence-electron chi connectivity index (χ0n) is 13.2. The molecular formula is C17H29NOS. The van der Waals surface area contributed by atoms with Crippen molar-refractivity contribution in [1.82, 2.24) is 5.32 Å². The summed E-state index contributed by atoms with van der Waals surface area (Å²) in [4.78, 5) is 1.23. The average molecular weight is 295 g/mol. The second-order valence-electron chi connectivity index (χ2n) is 5.51. The third kappa shape index (κ3) is 7.81. The van der Waals surface area contributed by atoms with Gasteiger partial charge in [-0.15, -0.1) is 11.8 Å². The van der Waals surface area contributed by atoms with Gasteiger partial charge >= 0.3 is 0 Å². The van der Waals surface area contributed by atoms with Crippen LogP contribution in [0.1, 0.15) is 39.5 Å². The van der Waals surface area contributed by atoms with E-state index in [9.17, 15) is 0 Å². The summed E-state index contributed by atoms with van der Waals surface area (Å²) in [5.41, 5.74) is 0. The predicted molar refractivity (Wildman–Crippen MR) is 89.9 cm³/mol. The van der Waals surface area contributed by atoms with Gasteiger partial charge in [0, 0.05) is 4.90 Å². The zero-order chi connectivity index (χ0) is 14.6. The molecule has 0 radical (unpaired) electrons. The molecular weight excluding hydrogens is 266 g/mol. The van der Waals surface area contributed by atoms with E-state index in [1.807, 2.05) is 6.07 Å². The Morgan fingerprint density at radius 3 is 2.60 bits per heavy atom. The second-order valence-corrected chi connectivity index (χ2v) is 6.36. The lowest BCUT2D eigenvalue weighted by molar-refractivity contribution is 0.298. The summed E-state index contributed by atoms with van der Waals surface area (Å²) in [7, 11) is 0. The maximum absolute atomic E-state index is 5.85. The molecule has 114 valence electrons. The normalized spacial score (nSPS) is 11.0. The van der Waals surface area contributed by atoms with Crippen LogP contribution in [0.2, 0.25) is 0 Å². The van der Waals surface area contributed by atoms with Gasteiger partial charge in [-0.25, -0.2) is 0 Å². The number of thioether (sulfide) groups is 1. The standard InChI is InChI=1S/C17H29NOS/c1-15(2)14-18-12-8-4-5-9-13-19-16-10-6-7-11-17(16)20-3/h6-7,10-11,15,18H,4-5,8-9,12-14H2,1-3H3. The topological polar surface area (TPSA) is 21.3 Å². The highest BCUT2D eigenvalue weighted by Crippen LogP contribution is 2.26. The van der Waals surface area contributed by atoms with Gasteiger partial charge in [0.1, 0.15) is 5.75 Å². The molecule has 2 nitrogen and oxygen atoms in total. The molecule has 1 rings (SSSR count). The molecule has 0 bridgehead atoms. The Kier molecular flexibility index (Phi) is 9.60. The summed E-state index contributed by atoms with van der Waals surface area (Å²) < 4.78 is 5.85. The maximum Gasteiger partial charge on any atom is 0.132 e. The summed E-state index contributed by atoms with van der Waals surface area (Å²) in [5.74, 6) is 1.78. The van der Waals surface area contributed by atoms with Crippen LogP contribution in [0.25, 0.3) is 0 Å². The van der Waals surface area contributed by atoms with E-state index in [-0.39, 0.29) is 0 Å². The molecule has 0 amide bonds. The highest BCUT2D eigenvalue weighted by Gasteiger charge is 2.00. The summed E-state index contributed by atoms with van der Waals surface area (Å²) in [6, 6.07) is 8.26. The van der Waals surface area contributed by atoms with Crippen LogP contribution in [-0.2, 0) is 0 Å². The van der Waals surface area contributed by atoms with Crippen LogP contribution >= 0.6 is 11.8 Å². The van der Waals surface area contributed by atoms with Gasteiger partial charge in [-0.05, 0) is 50.2 Å². The SMILES string of the molecule is CSc1ccccc1OCCCCCCNCC(C)C. The third-order valence-electron chi connectivity index (χ3n) is 3.13. The van der Waals surface area contributed by atoms with Crippen LogP contribution in [0.3, 0.4) is 0 Å². The first-order valence-corrected chi connectivity index (χ1v) is 8.93. The van der Waals surface area contributed by atoms with E-state index >= 15 is 0 Å². The fraction of sp³-hybridized carbons (Fsp3) is 0.647. The highest BCUT2D eigenvalue weighted by atomic mass is 32.2. The van der Waals surface area contributed by atoms with Gasteiger partial charge in [0.15, 0.2) is 0 Å². The number of hydrogen-bond acceptors (Lipinski definition) is 3. The van der Waals surface area contributed by atoms with Crippen LogP contribution < -0.4 is 10.1 Å².